The quantitative estimate of drug-likeness (QED) is 0.0358. The molecular weight excluding hydrogens is 1820 g/mol. The summed E-state index contributed by atoms with van der Waals surface area (Å²) < 4.78 is 55.7. The standard InChI is InChI=1S/C23H24N8O.C20H23N7O2.C19H26N8O3.C16H21N7O3.C16H21N7O2/c1-2-18-20(16-12-26-22(24)27-13-16)29-23(31-7-9-32-10-8-31)30-21(18)28-17-11-15-5-3-4-6-19(15)25-14-17;1-2-29-19-11-15(5-6-22-19)24-18-12-16(14-3-4-17(21)23-13-14)25-20(26-18)27-7-9-28-10-8-27;1-12(28)26-4-2-13(3-5-26)30-16-10-15(14-11-22-18(21)25-17(14)20)23-19(24-16)27-6-8-29-9-7-27;17-14-11(8-19-15(18)22-14)12-7-13(26-10-1-4-25-9-10)21-16(20-12)23-2-5-24-6-3-23;17-15-18-10-12(11-19-15)13-9-14(22-1-5-24-6-2-22)21-16(20-13)23-3-7-25-8-4-23/h3-6,11-14H,2,7-10H2,1H3,(H2,24,26,27)(H,28,29,30);3-6,11-13H,2,7-10H2,1H3,(H2,21,23)(H,22,24,25,26);10-11,13H,2-9H2,1H3,(H4,20,21,22,25);7-8,10H,1-6,9H2,(H4,17,18,19,22);9-11H,1-8H2,(H2,17,18,19)/t;;;10-;/m...0./s1. The number of likely N-dealkylation sites (tertiary alicyclic amines) is 1. The summed E-state index contributed by atoms with van der Waals surface area (Å²) in [5.41, 5.74) is 51.1. The third-order valence-electron chi connectivity index (χ3n) is 23.7. The van der Waals surface area contributed by atoms with Crippen molar-refractivity contribution < 1.29 is 52.2 Å². The van der Waals surface area contributed by atoms with Gasteiger partial charge in [0.05, 0.1) is 156 Å². The highest BCUT2D eigenvalue weighted by atomic mass is 16.6. The summed E-state index contributed by atoms with van der Waals surface area (Å²) in [4.78, 5) is 119. The van der Waals surface area contributed by atoms with Crippen molar-refractivity contribution in [3.8, 4) is 73.9 Å². The van der Waals surface area contributed by atoms with E-state index in [2.05, 4.69) is 123 Å². The van der Waals surface area contributed by atoms with Crippen LogP contribution in [0.1, 0.15) is 45.6 Å². The van der Waals surface area contributed by atoms with Crippen molar-refractivity contribution in [2.45, 2.75) is 58.7 Å². The average Bonchev–Trinajstić information content (AvgIpc) is 0.797. The van der Waals surface area contributed by atoms with Crippen molar-refractivity contribution in [2.24, 2.45) is 0 Å². The highest BCUT2D eigenvalue weighted by molar-refractivity contribution is 5.84. The molecule has 8 saturated heterocycles. The zero-order valence-electron chi connectivity index (χ0n) is 79.2. The highest BCUT2D eigenvalue weighted by Crippen LogP contribution is 2.37. The summed E-state index contributed by atoms with van der Waals surface area (Å²) in [6, 6.07) is 24.8. The summed E-state index contributed by atoms with van der Waals surface area (Å²) in [6.45, 7) is 25.6. The minimum Gasteiger partial charge on any atom is -0.478 e. The largest absolute Gasteiger partial charge is 0.478 e. The first kappa shape index (κ1) is 97.9. The lowest BCUT2D eigenvalue weighted by molar-refractivity contribution is -0.130. The highest BCUT2D eigenvalue weighted by Gasteiger charge is 2.30. The number of aromatic nitrogens is 21. The van der Waals surface area contributed by atoms with Crippen molar-refractivity contribution >= 4 is 117 Å². The predicted octanol–water partition coefficient (Wildman–Crippen LogP) is 6.32. The fourth-order valence-corrected chi connectivity index (χ4v) is 16.1. The molecule has 13 aromatic rings. The van der Waals surface area contributed by atoms with Crippen LogP contribution in [0.3, 0.4) is 0 Å². The molecule has 1 atom stereocenters. The van der Waals surface area contributed by atoms with Gasteiger partial charge in [0.15, 0.2) is 0 Å². The van der Waals surface area contributed by atoms with Crippen LogP contribution in [-0.2, 0) is 44.4 Å². The molecule has 1 aromatic carbocycles. The molecule has 0 bridgehead atoms. The van der Waals surface area contributed by atoms with Gasteiger partial charge in [-0.05, 0) is 43.7 Å². The van der Waals surface area contributed by atoms with Gasteiger partial charge in [0.2, 0.25) is 77.1 Å². The van der Waals surface area contributed by atoms with Crippen LogP contribution < -0.4 is 94.4 Å². The minimum atomic E-state index is -0.0269. The lowest BCUT2D eigenvalue weighted by atomic mass is 10.1. The number of rotatable bonds is 22. The Kier molecular flexibility index (Phi) is 32.9. The molecule has 8 fully saturated rings. The Labute approximate surface area is 818 Å². The molecule has 12 aromatic heterocycles. The monoisotopic (exact) mass is 1940 g/mol. The number of hydrogen-bond donors (Lipinski definition) is 9. The smallest absolute Gasteiger partial charge is 0.229 e. The number of nitrogens with one attached hydrogen (secondary N) is 2. The molecule has 21 rings (SSSR count). The van der Waals surface area contributed by atoms with Gasteiger partial charge in [-0.15, -0.1) is 0 Å². The molecule has 742 valence electrons. The number of nitrogens with two attached hydrogens (primary N) is 7. The van der Waals surface area contributed by atoms with E-state index in [1.807, 2.05) is 77.5 Å². The molecule has 20 heterocycles. The van der Waals surface area contributed by atoms with Crippen LogP contribution in [0.15, 0.2) is 135 Å². The van der Waals surface area contributed by atoms with E-state index in [-0.39, 0.29) is 53.5 Å². The minimum absolute atomic E-state index is 0.0182. The normalized spacial score (nSPS) is 16.7. The Morgan fingerprint density at radius 3 is 1.38 bits per heavy atom. The van der Waals surface area contributed by atoms with Crippen molar-refractivity contribution in [3.05, 3.63) is 140 Å². The molecular formula is C94H115N37O11. The molecule has 0 unspecified atom stereocenters. The van der Waals surface area contributed by atoms with Gasteiger partial charge >= 0.3 is 0 Å². The molecule has 1 amide bonds. The number of hydrogen-bond acceptors (Lipinski definition) is 47. The first-order valence-corrected chi connectivity index (χ1v) is 47.1. The van der Waals surface area contributed by atoms with Crippen LogP contribution >= 0.6 is 0 Å². The van der Waals surface area contributed by atoms with Gasteiger partial charge in [0.1, 0.15) is 47.1 Å². The molecule has 0 radical (unpaired) electrons. The molecule has 0 spiro atoms. The predicted molar refractivity (Wildman–Crippen MR) is 535 cm³/mol. The number of nitrogens with zero attached hydrogens (tertiary/aromatic N) is 28. The molecule has 8 aliphatic heterocycles. The van der Waals surface area contributed by atoms with Gasteiger partial charge < -0.3 is 132 Å². The molecule has 16 N–H and O–H groups in total. The number of morpholine rings is 6. The maximum absolute atomic E-state index is 11.6. The SMILES string of the molecule is CC(=O)N1CCC(Oc2cc(-c3cnc(N)nc3N)nc(N3CCOCC3)n2)CC1.CCOc1cc(Nc2cc(-c3ccc(N)nc3)nc(N3CCOCC3)n2)ccn1.CCc1c(Nc2cnc3ccccc3c2)nc(N2CCOCC2)nc1-c1cnc(N)nc1.Nc1ncc(-c2cc(N3CCOCC3)nc(N3CCOCC3)n2)cn1.Nc1ncc(-c2cc(O[C@H]3CCOC3)nc(N3CCOCC3)n2)c(N)n1. The second-order valence-corrected chi connectivity index (χ2v) is 33.4. The maximum Gasteiger partial charge on any atom is 0.229 e. The number of amides is 1. The zero-order chi connectivity index (χ0) is 98.1. The number of fused-ring (bicyclic) bond motifs is 1. The first-order valence-electron chi connectivity index (χ1n) is 47.1. The van der Waals surface area contributed by atoms with E-state index in [9.17, 15) is 4.79 Å². The Hall–Kier alpha value is -15.8. The fraction of sp³-hybridized carbons (Fsp3) is 0.404. The number of benzene rings is 1. The van der Waals surface area contributed by atoms with E-state index in [1.165, 1.54) is 0 Å². The van der Waals surface area contributed by atoms with Crippen molar-refractivity contribution in [3.63, 3.8) is 0 Å². The van der Waals surface area contributed by atoms with Crippen LogP contribution in [0, 0.1) is 0 Å². The average molecular weight is 1940 g/mol. The van der Waals surface area contributed by atoms with Crippen molar-refractivity contribution in [2.75, 3.05) is 271 Å². The van der Waals surface area contributed by atoms with E-state index >= 15 is 0 Å². The van der Waals surface area contributed by atoms with Crippen LogP contribution in [0.5, 0.6) is 17.6 Å². The number of nitrogen functional groups attached to an aromatic ring is 7. The van der Waals surface area contributed by atoms with Crippen LogP contribution in [0.4, 0.5) is 99.8 Å². The Morgan fingerprint density at radius 1 is 0.387 bits per heavy atom. The van der Waals surface area contributed by atoms with E-state index in [1.54, 1.807) is 74.7 Å². The van der Waals surface area contributed by atoms with E-state index in [0.29, 0.717) is 220 Å². The van der Waals surface area contributed by atoms with E-state index < -0.39 is 0 Å². The van der Waals surface area contributed by atoms with Crippen LogP contribution in [0.25, 0.3) is 67.2 Å². The van der Waals surface area contributed by atoms with E-state index in [0.717, 1.165) is 151 Å². The number of piperidine rings is 1. The summed E-state index contributed by atoms with van der Waals surface area (Å²) in [5.74, 6) is 8.67. The molecule has 48 nitrogen and oxygen atoms in total. The van der Waals surface area contributed by atoms with Gasteiger partial charge in [-0.3, -0.25) is 9.78 Å². The first-order chi connectivity index (χ1) is 69.4. The third-order valence-corrected chi connectivity index (χ3v) is 23.7. The molecule has 8 aliphatic rings. The maximum atomic E-state index is 11.6. The fourth-order valence-electron chi connectivity index (χ4n) is 16.1. The third kappa shape index (κ3) is 26.2. The molecule has 0 saturated carbocycles. The summed E-state index contributed by atoms with van der Waals surface area (Å²) >= 11 is 0. The zero-order valence-corrected chi connectivity index (χ0v) is 79.2. The second-order valence-electron chi connectivity index (χ2n) is 33.4. The summed E-state index contributed by atoms with van der Waals surface area (Å²) in [6.07, 6.45) is 18.1. The number of carbonyl (C=O) groups is 1. The van der Waals surface area contributed by atoms with Crippen LogP contribution in [0.2, 0.25) is 0 Å². The van der Waals surface area contributed by atoms with Crippen LogP contribution in [-0.4, -0.2) is 318 Å². The molecule has 0 aliphatic carbocycles. The van der Waals surface area contributed by atoms with E-state index in [4.69, 9.17) is 117 Å². The summed E-state index contributed by atoms with van der Waals surface area (Å²) in [5, 5.41) is 7.87. The lowest BCUT2D eigenvalue weighted by Gasteiger charge is -2.31. The number of para-hydroxylation sites is 1. The number of pyridine rings is 3. The summed E-state index contributed by atoms with van der Waals surface area (Å²) in [7, 11) is 0. The second kappa shape index (κ2) is 47.7. The topological polar surface area (TPSA) is 609 Å². The number of anilines is 17. The number of carbonyl (C=O) groups excluding carboxylic acids is 1. The Bertz CT molecular complexity index is 6310. The van der Waals surface area contributed by atoms with Crippen molar-refractivity contribution in [1.29, 1.82) is 0 Å². The lowest BCUT2D eigenvalue weighted by Crippen LogP contribution is -2.41. The van der Waals surface area contributed by atoms with Gasteiger partial charge in [0, 0.05) is 231 Å². The molecule has 48 heteroatoms. The van der Waals surface area contributed by atoms with Gasteiger partial charge in [-0.25, -0.2) is 64.8 Å². The van der Waals surface area contributed by atoms with Gasteiger partial charge in [-0.1, -0.05) is 25.1 Å². The van der Waals surface area contributed by atoms with Gasteiger partial charge in [-0.2, -0.15) is 34.9 Å². The molecule has 142 heavy (non-hydrogen) atoms. The van der Waals surface area contributed by atoms with Crippen molar-refractivity contribution in [1.82, 2.24) is 110 Å². The Morgan fingerprint density at radius 2 is 0.873 bits per heavy atom. The van der Waals surface area contributed by atoms with Gasteiger partial charge in [0.25, 0.3) is 0 Å². The number of ether oxygens (including phenoxy) is 10. The Balaban J connectivity index is 0.000000122.